The molecule has 0 radical (unpaired) electrons. The molecule has 3 aromatic carbocycles. The summed E-state index contributed by atoms with van der Waals surface area (Å²) in [5, 5.41) is 2.93. The summed E-state index contributed by atoms with van der Waals surface area (Å²) in [6.07, 6.45) is 0.768. The van der Waals surface area contributed by atoms with Crippen LogP contribution in [0.25, 0.3) is 0 Å². The molecule has 208 valence electrons. The van der Waals surface area contributed by atoms with Crippen LogP contribution in [0.5, 0.6) is 0 Å². The molecule has 3 aromatic rings. The fourth-order valence-electron chi connectivity index (χ4n) is 4.24. The maximum absolute atomic E-state index is 15.0. The van der Waals surface area contributed by atoms with Crippen LogP contribution in [-0.2, 0) is 26.0 Å². The number of amides is 2. The van der Waals surface area contributed by atoms with E-state index in [0.717, 1.165) is 15.9 Å². The summed E-state index contributed by atoms with van der Waals surface area (Å²) in [5.41, 5.74) is 0.184. The van der Waals surface area contributed by atoms with Crippen LogP contribution in [0.3, 0.4) is 0 Å². The number of hydrogen-bond acceptors (Lipinski definition) is 4. The van der Waals surface area contributed by atoms with E-state index in [1.54, 1.807) is 25.1 Å². The fraction of sp³-hybridized carbons (Fsp3) is 0.333. The van der Waals surface area contributed by atoms with Crippen molar-refractivity contribution >= 4 is 27.5 Å². The Morgan fingerprint density at radius 3 is 2.03 bits per heavy atom. The predicted molar refractivity (Wildman–Crippen MR) is 151 cm³/mol. The first-order chi connectivity index (χ1) is 18.4. The second kappa shape index (κ2) is 12.9. The van der Waals surface area contributed by atoms with Gasteiger partial charge in [0, 0.05) is 12.1 Å². The highest BCUT2D eigenvalue weighted by Gasteiger charge is 2.35. The quantitative estimate of drug-likeness (QED) is 0.370. The number of nitrogens with zero attached hydrogens (tertiary/aromatic N) is 2. The summed E-state index contributed by atoms with van der Waals surface area (Å²) in [4.78, 5) is 28.5. The highest BCUT2D eigenvalue weighted by molar-refractivity contribution is 7.92. The van der Waals surface area contributed by atoms with Crippen molar-refractivity contribution in [1.82, 2.24) is 10.2 Å². The molecule has 0 aromatic heterocycles. The number of benzene rings is 3. The molecule has 0 aliphatic rings. The maximum atomic E-state index is 15.0. The minimum atomic E-state index is -4.31. The van der Waals surface area contributed by atoms with Gasteiger partial charge in [0.2, 0.25) is 11.8 Å². The molecule has 0 spiro atoms. The smallest absolute Gasteiger partial charge is 0.264 e. The molecule has 0 unspecified atom stereocenters. The summed E-state index contributed by atoms with van der Waals surface area (Å²) in [6.45, 7) is 6.84. The lowest BCUT2D eigenvalue weighted by molar-refractivity contribution is -0.140. The van der Waals surface area contributed by atoms with Gasteiger partial charge in [-0.15, -0.1) is 0 Å². The van der Waals surface area contributed by atoms with E-state index in [9.17, 15) is 22.4 Å². The van der Waals surface area contributed by atoms with Crippen LogP contribution < -0.4 is 9.62 Å². The Bertz CT molecular complexity index is 1360. The Hall–Kier alpha value is -3.72. The van der Waals surface area contributed by atoms with Crippen molar-refractivity contribution < 1.29 is 22.4 Å². The van der Waals surface area contributed by atoms with Gasteiger partial charge in [-0.05, 0) is 63.4 Å². The Kier molecular flexibility index (Phi) is 9.86. The lowest BCUT2D eigenvalue weighted by atomic mass is 10.1. The predicted octanol–water partition coefficient (Wildman–Crippen LogP) is 4.79. The van der Waals surface area contributed by atoms with Gasteiger partial charge >= 0.3 is 0 Å². The van der Waals surface area contributed by atoms with Gasteiger partial charge < -0.3 is 10.2 Å². The van der Waals surface area contributed by atoms with Gasteiger partial charge in [0.15, 0.2) is 0 Å². The van der Waals surface area contributed by atoms with Crippen molar-refractivity contribution in [3.05, 3.63) is 96.3 Å². The number of rotatable bonds is 11. The molecule has 0 aliphatic heterocycles. The van der Waals surface area contributed by atoms with Crippen LogP contribution in [0.4, 0.5) is 10.1 Å². The van der Waals surface area contributed by atoms with E-state index in [1.165, 1.54) is 35.2 Å². The van der Waals surface area contributed by atoms with Crippen LogP contribution in [0.15, 0.2) is 89.8 Å². The van der Waals surface area contributed by atoms with Crippen molar-refractivity contribution in [3.63, 3.8) is 0 Å². The summed E-state index contributed by atoms with van der Waals surface area (Å²) in [7, 11) is -4.31. The van der Waals surface area contributed by atoms with E-state index in [1.807, 2.05) is 51.1 Å². The second-order valence-electron chi connectivity index (χ2n) is 10.3. The van der Waals surface area contributed by atoms with E-state index < -0.39 is 39.9 Å². The van der Waals surface area contributed by atoms with Crippen molar-refractivity contribution in [2.75, 3.05) is 17.4 Å². The summed E-state index contributed by atoms with van der Waals surface area (Å²) < 4.78 is 43.1. The highest BCUT2D eigenvalue weighted by atomic mass is 32.2. The molecule has 39 heavy (non-hydrogen) atoms. The van der Waals surface area contributed by atoms with Gasteiger partial charge in [-0.2, -0.15) is 0 Å². The summed E-state index contributed by atoms with van der Waals surface area (Å²) in [5.74, 6) is -1.72. The molecule has 0 saturated heterocycles. The number of nitrogens with one attached hydrogen (secondary N) is 1. The first kappa shape index (κ1) is 29.8. The van der Waals surface area contributed by atoms with Crippen molar-refractivity contribution in [2.24, 2.45) is 0 Å². The van der Waals surface area contributed by atoms with E-state index in [0.29, 0.717) is 12.8 Å². The Labute approximate surface area is 230 Å². The van der Waals surface area contributed by atoms with Crippen LogP contribution in [0.1, 0.15) is 39.7 Å². The molecular weight excluding hydrogens is 517 g/mol. The molecule has 0 heterocycles. The fourth-order valence-corrected chi connectivity index (χ4v) is 5.68. The van der Waals surface area contributed by atoms with Gasteiger partial charge in [-0.3, -0.25) is 13.9 Å². The molecular formula is C30H36FN3O4S. The first-order valence-corrected chi connectivity index (χ1v) is 14.4. The number of para-hydroxylation sites is 1. The molecule has 2 amide bonds. The molecule has 7 nitrogen and oxygen atoms in total. The molecule has 0 saturated carbocycles. The molecule has 3 rings (SSSR count). The highest BCUT2D eigenvalue weighted by Crippen LogP contribution is 2.27. The zero-order valence-corrected chi connectivity index (χ0v) is 23.6. The third-order valence-corrected chi connectivity index (χ3v) is 7.87. The Morgan fingerprint density at radius 2 is 1.46 bits per heavy atom. The SMILES string of the molecule is CC[C@H](C(=O)NC(C)(C)C)N(CCc1ccccc1)C(=O)CN(c1ccccc1F)S(=O)(=O)c1ccccc1. The van der Waals surface area contributed by atoms with E-state index in [-0.39, 0.29) is 23.0 Å². The van der Waals surface area contributed by atoms with Crippen molar-refractivity contribution in [2.45, 2.75) is 57.0 Å². The van der Waals surface area contributed by atoms with Gasteiger partial charge in [0.25, 0.3) is 10.0 Å². The largest absolute Gasteiger partial charge is 0.350 e. The summed E-state index contributed by atoms with van der Waals surface area (Å²) >= 11 is 0. The standard InChI is InChI=1S/C30H36FN3O4S/c1-5-26(29(36)32-30(2,3)4)33(21-20-23-14-8-6-9-15-23)28(35)22-34(27-19-13-12-18-25(27)31)39(37,38)24-16-10-7-11-17-24/h6-19,26H,5,20-22H2,1-4H3,(H,32,36)/t26-/m1/s1. The number of anilines is 1. The number of hydrogen-bond donors (Lipinski definition) is 1. The van der Waals surface area contributed by atoms with Crippen molar-refractivity contribution in [1.29, 1.82) is 0 Å². The third kappa shape index (κ3) is 7.89. The van der Waals surface area contributed by atoms with Crippen molar-refractivity contribution in [3.8, 4) is 0 Å². The molecule has 1 atom stereocenters. The molecule has 0 bridgehead atoms. The monoisotopic (exact) mass is 553 g/mol. The topological polar surface area (TPSA) is 86.8 Å². The van der Waals surface area contributed by atoms with Gasteiger partial charge in [0.1, 0.15) is 18.4 Å². The molecule has 0 aliphatic carbocycles. The van der Waals surface area contributed by atoms with Gasteiger partial charge in [0.05, 0.1) is 10.6 Å². The van der Waals surface area contributed by atoms with E-state index in [2.05, 4.69) is 5.32 Å². The number of carbonyl (C=O) groups excluding carboxylic acids is 2. The number of sulfonamides is 1. The lowest BCUT2D eigenvalue weighted by Gasteiger charge is -2.34. The van der Waals surface area contributed by atoms with Crippen LogP contribution in [-0.4, -0.2) is 49.8 Å². The minimum Gasteiger partial charge on any atom is -0.350 e. The second-order valence-corrected chi connectivity index (χ2v) is 12.1. The van der Waals surface area contributed by atoms with Gasteiger partial charge in [-0.25, -0.2) is 12.8 Å². The molecule has 9 heteroatoms. The lowest BCUT2D eigenvalue weighted by Crippen LogP contribution is -2.56. The van der Waals surface area contributed by atoms with E-state index in [4.69, 9.17) is 0 Å². The number of carbonyl (C=O) groups is 2. The van der Waals surface area contributed by atoms with Crippen LogP contribution in [0.2, 0.25) is 0 Å². The Morgan fingerprint density at radius 1 is 0.897 bits per heavy atom. The zero-order chi connectivity index (χ0) is 28.6. The third-order valence-electron chi connectivity index (χ3n) is 6.10. The normalized spacial score (nSPS) is 12.4. The van der Waals surface area contributed by atoms with Crippen LogP contribution >= 0.6 is 0 Å². The molecule has 0 fully saturated rings. The first-order valence-electron chi connectivity index (χ1n) is 12.9. The average molecular weight is 554 g/mol. The van der Waals surface area contributed by atoms with E-state index >= 15 is 0 Å². The summed E-state index contributed by atoms with van der Waals surface area (Å²) in [6, 6.07) is 21.7. The number of halogens is 1. The Balaban J connectivity index is 2.02. The maximum Gasteiger partial charge on any atom is 0.264 e. The van der Waals surface area contributed by atoms with Gasteiger partial charge in [-0.1, -0.05) is 67.6 Å². The minimum absolute atomic E-state index is 0.0746. The average Bonchev–Trinajstić information content (AvgIpc) is 2.90. The molecule has 1 N–H and O–H groups in total. The van der Waals surface area contributed by atoms with Crippen LogP contribution in [0, 0.1) is 5.82 Å². The zero-order valence-electron chi connectivity index (χ0n) is 22.8.